The number of aryl methyl sites for hydroxylation is 1. The normalized spacial score (nSPS) is 16.6. The molecule has 2 aromatic carbocycles. The molecule has 0 radical (unpaired) electrons. The summed E-state index contributed by atoms with van der Waals surface area (Å²) in [5, 5.41) is 11.6. The summed E-state index contributed by atoms with van der Waals surface area (Å²) in [5.74, 6) is 2.39. The van der Waals surface area contributed by atoms with Gasteiger partial charge in [0.15, 0.2) is 0 Å². The Morgan fingerprint density at radius 1 is 1.10 bits per heavy atom. The van der Waals surface area contributed by atoms with Gasteiger partial charge in [-0.05, 0) is 81.1 Å². The van der Waals surface area contributed by atoms with Crippen LogP contribution in [0.5, 0.6) is 11.5 Å². The summed E-state index contributed by atoms with van der Waals surface area (Å²) in [5.41, 5.74) is 3.39. The molecule has 5 heteroatoms. The largest absolute Gasteiger partial charge is 0.493 e. The summed E-state index contributed by atoms with van der Waals surface area (Å²) in [6, 6.07) is 14.2. The van der Waals surface area contributed by atoms with Gasteiger partial charge in [0.2, 0.25) is 0 Å². The fourth-order valence-electron chi connectivity index (χ4n) is 4.19. The second-order valence-corrected chi connectivity index (χ2v) is 8.42. The van der Waals surface area contributed by atoms with Gasteiger partial charge in [-0.3, -0.25) is 0 Å². The maximum atomic E-state index is 10.6. The van der Waals surface area contributed by atoms with Crippen LogP contribution in [-0.2, 0) is 0 Å². The van der Waals surface area contributed by atoms with Crippen LogP contribution in [0.3, 0.4) is 0 Å². The van der Waals surface area contributed by atoms with Crippen molar-refractivity contribution in [2.75, 3.05) is 32.8 Å². The quantitative estimate of drug-likeness (QED) is 0.583. The topological polar surface area (TPSA) is 57.7 Å². The summed E-state index contributed by atoms with van der Waals surface area (Å²) in [7, 11) is 0. The smallest absolute Gasteiger partial charge is 0.131 e. The minimum atomic E-state index is -0.504. The lowest BCUT2D eigenvalue weighted by atomic mass is 9.97. The van der Waals surface area contributed by atoms with Crippen molar-refractivity contribution in [1.82, 2.24) is 9.88 Å². The average molecular weight is 409 g/mol. The lowest BCUT2D eigenvalue weighted by Crippen LogP contribution is -2.41. The molecule has 1 unspecified atom stereocenters. The molecule has 3 aromatic rings. The Labute approximate surface area is 178 Å². The van der Waals surface area contributed by atoms with E-state index >= 15 is 0 Å². The molecule has 5 nitrogen and oxygen atoms in total. The number of likely N-dealkylation sites (tertiary alicyclic amines) is 1. The maximum absolute atomic E-state index is 10.6. The molecule has 2 heterocycles. The first-order valence-corrected chi connectivity index (χ1v) is 10.9. The number of aliphatic hydroxyl groups excluding tert-OH is 1. The number of benzene rings is 2. The summed E-state index contributed by atoms with van der Waals surface area (Å²) < 4.78 is 12.0. The number of aromatic nitrogens is 1. The molecule has 0 amide bonds. The highest BCUT2D eigenvalue weighted by Gasteiger charge is 2.22. The predicted molar refractivity (Wildman–Crippen MR) is 120 cm³/mol. The van der Waals surface area contributed by atoms with E-state index in [1.54, 1.807) is 0 Å². The number of para-hydroxylation sites is 1. The molecule has 1 aliphatic heterocycles. The molecular weight excluding hydrogens is 376 g/mol. The highest BCUT2D eigenvalue weighted by molar-refractivity contribution is 5.88. The van der Waals surface area contributed by atoms with E-state index in [4.69, 9.17) is 9.47 Å². The zero-order valence-corrected chi connectivity index (χ0v) is 17.9. The van der Waals surface area contributed by atoms with E-state index in [1.165, 1.54) is 5.56 Å². The van der Waals surface area contributed by atoms with E-state index in [-0.39, 0.29) is 0 Å². The van der Waals surface area contributed by atoms with Gasteiger partial charge in [0.1, 0.15) is 24.2 Å². The van der Waals surface area contributed by atoms with Gasteiger partial charge in [0, 0.05) is 23.6 Å². The van der Waals surface area contributed by atoms with Crippen LogP contribution in [0.4, 0.5) is 0 Å². The molecule has 0 spiro atoms. The molecule has 0 saturated carbocycles. The highest BCUT2D eigenvalue weighted by atomic mass is 16.5. The minimum Gasteiger partial charge on any atom is -0.493 e. The number of piperidine rings is 1. The van der Waals surface area contributed by atoms with Crippen molar-refractivity contribution in [3.63, 3.8) is 0 Å². The summed E-state index contributed by atoms with van der Waals surface area (Å²) >= 11 is 0. The first-order chi connectivity index (χ1) is 14.6. The van der Waals surface area contributed by atoms with Crippen molar-refractivity contribution in [2.45, 2.75) is 32.8 Å². The Kier molecular flexibility index (Phi) is 6.60. The van der Waals surface area contributed by atoms with Gasteiger partial charge in [-0.2, -0.15) is 0 Å². The zero-order valence-electron chi connectivity index (χ0n) is 17.9. The van der Waals surface area contributed by atoms with Gasteiger partial charge in [-0.15, -0.1) is 0 Å². The number of β-amino-alcohol motifs (C(OH)–C–C–N with tert-alkyl or cyclic N) is 1. The summed E-state index contributed by atoms with van der Waals surface area (Å²) in [6.45, 7) is 7.87. The fraction of sp³-hybridized carbons (Fsp3) is 0.440. The van der Waals surface area contributed by atoms with Crippen LogP contribution >= 0.6 is 0 Å². The maximum Gasteiger partial charge on any atom is 0.131 e. The number of fused-ring (bicyclic) bond motifs is 1. The number of rotatable bonds is 8. The SMILES string of the molecule is Cc1cc2[nH]ccc2c(OCC(O)CN2CCC(COc3ccccc3)CC2)c1C. The van der Waals surface area contributed by atoms with E-state index in [9.17, 15) is 5.11 Å². The van der Waals surface area contributed by atoms with Gasteiger partial charge in [0.05, 0.1) is 6.61 Å². The van der Waals surface area contributed by atoms with Crippen molar-refractivity contribution in [3.8, 4) is 11.5 Å². The Bertz CT molecular complexity index is 946. The van der Waals surface area contributed by atoms with E-state index in [1.807, 2.05) is 42.6 Å². The molecule has 1 atom stereocenters. The van der Waals surface area contributed by atoms with Crippen molar-refractivity contribution >= 4 is 10.9 Å². The number of nitrogens with zero attached hydrogens (tertiary/aromatic N) is 1. The molecule has 0 bridgehead atoms. The predicted octanol–water partition coefficient (Wildman–Crippen LogP) is 4.32. The van der Waals surface area contributed by atoms with Crippen molar-refractivity contribution in [3.05, 3.63) is 59.8 Å². The fourth-order valence-corrected chi connectivity index (χ4v) is 4.19. The monoisotopic (exact) mass is 408 g/mol. The Morgan fingerprint density at radius 2 is 1.87 bits per heavy atom. The molecule has 30 heavy (non-hydrogen) atoms. The van der Waals surface area contributed by atoms with Gasteiger partial charge in [-0.25, -0.2) is 0 Å². The molecule has 2 N–H and O–H groups in total. The van der Waals surface area contributed by atoms with E-state index in [2.05, 4.69) is 29.8 Å². The molecule has 4 rings (SSSR count). The number of nitrogens with one attached hydrogen (secondary N) is 1. The second-order valence-electron chi connectivity index (χ2n) is 8.42. The number of aromatic amines is 1. The zero-order chi connectivity index (χ0) is 20.9. The van der Waals surface area contributed by atoms with E-state index < -0.39 is 6.10 Å². The number of aliphatic hydroxyl groups is 1. The van der Waals surface area contributed by atoms with Crippen LogP contribution in [0.25, 0.3) is 10.9 Å². The molecule has 1 aliphatic rings. The molecule has 1 aromatic heterocycles. The molecule has 160 valence electrons. The Morgan fingerprint density at radius 3 is 2.63 bits per heavy atom. The first-order valence-electron chi connectivity index (χ1n) is 10.9. The second kappa shape index (κ2) is 9.54. The van der Waals surface area contributed by atoms with Crippen LogP contribution < -0.4 is 9.47 Å². The number of ether oxygens (including phenoxy) is 2. The summed E-state index contributed by atoms with van der Waals surface area (Å²) in [6.07, 6.45) is 3.62. The van der Waals surface area contributed by atoms with Gasteiger partial charge < -0.3 is 24.5 Å². The van der Waals surface area contributed by atoms with Crippen molar-refractivity contribution in [2.24, 2.45) is 5.92 Å². The standard InChI is InChI=1S/C25H32N2O3/c1-18-14-24-23(8-11-26-24)25(19(18)2)30-17-21(28)15-27-12-9-20(10-13-27)16-29-22-6-4-3-5-7-22/h3-8,11,14,20-21,26,28H,9-10,12-13,15-17H2,1-2H3. The van der Waals surface area contributed by atoms with Crippen LogP contribution in [0.2, 0.25) is 0 Å². The number of hydrogen-bond acceptors (Lipinski definition) is 4. The number of H-pyrrole nitrogens is 1. The van der Waals surface area contributed by atoms with Gasteiger partial charge >= 0.3 is 0 Å². The van der Waals surface area contributed by atoms with Crippen LogP contribution in [0.1, 0.15) is 24.0 Å². The van der Waals surface area contributed by atoms with Crippen LogP contribution in [0, 0.1) is 19.8 Å². The number of hydrogen-bond donors (Lipinski definition) is 2. The van der Waals surface area contributed by atoms with Gasteiger partial charge in [0.25, 0.3) is 0 Å². The molecular formula is C25H32N2O3. The lowest BCUT2D eigenvalue weighted by Gasteiger charge is -2.33. The molecule has 0 aliphatic carbocycles. The molecule has 1 fully saturated rings. The third-order valence-corrected chi connectivity index (χ3v) is 6.14. The average Bonchev–Trinajstić information content (AvgIpc) is 3.22. The van der Waals surface area contributed by atoms with E-state index in [0.29, 0.717) is 19.1 Å². The third-order valence-electron chi connectivity index (χ3n) is 6.14. The van der Waals surface area contributed by atoms with Crippen LogP contribution in [-0.4, -0.2) is 53.9 Å². The highest BCUT2D eigenvalue weighted by Crippen LogP contribution is 2.31. The van der Waals surface area contributed by atoms with Crippen molar-refractivity contribution < 1.29 is 14.6 Å². The Hall–Kier alpha value is -2.50. The minimum absolute atomic E-state index is 0.307. The van der Waals surface area contributed by atoms with Crippen molar-refractivity contribution in [1.29, 1.82) is 0 Å². The third kappa shape index (κ3) is 4.97. The molecule has 1 saturated heterocycles. The first kappa shape index (κ1) is 20.8. The van der Waals surface area contributed by atoms with Gasteiger partial charge in [-0.1, -0.05) is 18.2 Å². The van der Waals surface area contributed by atoms with Crippen LogP contribution in [0.15, 0.2) is 48.7 Å². The van der Waals surface area contributed by atoms with E-state index in [0.717, 1.165) is 60.5 Å². The Balaban J connectivity index is 1.22. The lowest BCUT2D eigenvalue weighted by molar-refractivity contribution is 0.0505. The summed E-state index contributed by atoms with van der Waals surface area (Å²) in [4.78, 5) is 5.58.